The number of halogens is 2. The molecule has 0 spiro atoms. The van der Waals surface area contributed by atoms with E-state index >= 15 is 0 Å². The number of hydrogen-bond acceptors (Lipinski definition) is 3. The van der Waals surface area contributed by atoms with Gasteiger partial charge in [0.2, 0.25) is 0 Å². The molecule has 0 bridgehead atoms. The van der Waals surface area contributed by atoms with Crippen LogP contribution in [0.5, 0.6) is 0 Å². The van der Waals surface area contributed by atoms with Crippen LogP contribution in [0.4, 0.5) is 10.2 Å². The van der Waals surface area contributed by atoms with E-state index < -0.39 is 0 Å². The van der Waals surface area contributed by atoms with Crippen LogP contribution in [0.1, 0.15) is 5.56 Å². The fraction of sp³-hybridized carbons (Fsp3) is 0.0625. The van der Waals surface area contributed by atoms with E-state index in [2.05, 4.69) is 21.1 Å². The predicted molar refractivity (Wildman–Crippen MR) is 84.2 cm³/mol. The van der Waals surface area contributed by atoms with Gasteiger partial charge in [-0.2, -0.15) is 0 Å². The second-order valence-electron chi connectivity index (χ2n) is 4.74. The second kappa shape index (κ2) is 5.33. The highest BCUT2D eigenvalue weighted by molar-refractivity contribution is 9.10. The van der Waals surface area contributed by atoms with Crippen molar-refractivity contribution >= 4 is 21.7 Å². The minimum atomic E-state index is -0.296. The highest BCUT2D eigenvalue weighted by Gasteiger charge is 2.19. The fourth-order valence-corrected chi connectivity index (χ4v) is 2.74. The summed E-state index contributed by atoms with van der Waals surface area (Å²) < 4.78 is 19.5. The molecule has 21 heavy (non-hydrogen) atoms. The minimum Gasteiger partial charge on any atom is -0.380 e. The lowest BCUT2D eigenvalue weighted by molar-refractivity contribution is 0.436. The van der Waals surface area contributed by atoms with Crippen LogP contribution in [0, 0.1) is 12.7 Å². The molecule has 0 radical (unpaired) electrons. The third kappa shape index (κ3) is 2.56. The van der Waals surface area contributed by atoms with Crippen molar-refractivity contribution in [3.63, 3.8) is 0 Å². The number of aryl methyl sites for hydroxylation is 1. The molecular formula is C16H12BrFN2O. The van der Waals surface area contributed by atoms with Gasteiger partial charge in [0.05, 0.1) is 5.56 Å². The van der Waals surface area contributed by atoms with Crippen molar-refractivity contribution in [2.75, 3.05) is 5.73 Å². The van der Waals surface area contributed by atoms with E-state index in [0.717, 1.165) is 21.2 Å². The quantitative estimate of drug-likeness (QED) is 0.724. The van der Waals surface area contributed by atoms with E-state index in [1.54, 1.807) is 12.1 Å². The average Bonchev–Trinajstić information content (AvgIpc) is 2.82. The highest BCUT2D eigenvalue weighted by atomic mass is 79.9. The Bertz CT molecular complexity index is 797. The molecular weight excluding hydrogens is 335 g/mol. The Kier molecular flexibility index (Phi) is 3.51. The number of hydrogen-bond donors (Lipinski definition) is 1. The summed E-state index contributed by atoms with van der Waals surface area (Å²) in [7, 11) is 0. The van der Waals surface area contributed by atoms with Crippen molar-refractivity contribution < 1.29 is 8.91 Å². The Labute approximate surface area is 129 Å². The third-order valence-electron chi connectivity index (χ3n) is 3.28. The zero-order valence-electron chi connectivity index (χ0n) is 11.2. The smallest absolute Gasteiger partial charge is 0.177 e. The van der Waals surface area contributed by atoms with Crippen LogP contribution in [-0.2, 0) is 0 Å². The van der Waals surface area contributed by atoms with Gasteiger partial charge in [-0.25, -0.2) is 4.39 Å². The molecule has 3 nitrogen and oxygen atoms in total. The number of nitrogens with zero attached hydrogens (tertiary/aromatic N) is 1. The zero-order valence-corrected chi connectivity index (χ0v) is 12.8. The molecule has 0 saturated carbocycles. The third-order valence-corrected chi connectivity index (χ3v) is 3.78. The normalized spacial score (nSPS) is 10.8. The molecule has 3 rings (SSSR count). The lowest BCUT2D eigenvalue weighted by atomic mass is 9.99. The number of rotatable bonds is 2. The molecule has 0 saturated heterocycles. The van der Waals surface area contributed by atoms with Crippen LogP contribution >= 0.6 is 15.9 Å². The number of benzene rings is 2. The summed E-state index contributed by atoms with van der Waals surface area (Å²) in [6, 6.07) is 12.0. The van der Waals surface area contributed by atoms with Crippen molar-refractivity contribution in [3.05, 3.63) is 58.3 Å². The summed E-state index contributed by atoms with van der Waals surface area (Å²) >= 11 is 3.43. The Morgan fingerprint density at radius 1 is 1.14 bits per heavy atom. The van der Waals surface area contributed by atoms with Crippen molar-refractivity contribution in [1.82, 2.24) is 5.16 Å². The maximum absolute atomic E-state index is 13.1. The predicted octanol–water partition coefficient (Wildman–Crippen LogP) is 4.80. The molecule has 0 aliphatic carbocycles. The first-order valence-electron chi connectivity index (χ1n) is 6.34. The minimum absolute atomic E-state index is 0.291. The molecule has 3 aromatic rings. The van der Waals surface area contributed by atoms with Crippen molar-refractivity contribution in [2.45, 2.75) is 6.92 Å². The van der Waals surface area contributed by atoms with Crippen LogP contribution in [0.2, 0.25) is 0 Å². The van der Waals surface area contributed by atoms with Gasteiger partial charge in [-0.1, -0.05) is 33.2 Å². The molecule has 2 N–H and O–H groups in total. The van der Waals surface area contributed by atoms with Crippen LogP contribution in [0.15, 0.2) is 51.5 Å². The number of nitrogen functional groups attached to an aromatic ring is 1. The summed E-state index contributed by atoms with van der Waals surface area (Å²) in [4.78, 5) is 0. The Morgan fingerprint density at radius 3 is 2.52 bits per heavy atom. The van der Waals surface area contributed by atoms with Crippen LogP contribution < -0.4 is 5.73 Å². The Morgan fingerprint density at radius 2 is 1.86 bits per heavy atom. The van der Waals surface area contributed by atoms with Crippen LogP contribution in [-0.4, -0.2) is 5.16 Å². The van der Waals surface area contributed by atoms with Gasteiger partial charge in [0.15, 0.2) is 11.6 Å². The highest BCUT2D eigenvalue weighted by Crippen LogP contribution is 2.38. The first-order valence-corrected chi connectivity index (χ1v) is 7.13. The Hall–Kier alpha value is -2.14. The molecule has 0 aliphatic rings. The maximum atomic E-state index is 13.1. The van der Waals surface area contributed by atoms with Gasteiger partial charge in [0.1, 0.15) is 5.82 Å². The fourth-order valence-electron chi connectivity index (χ4n) is 2.26. The van der Waals surface area contributed by atoms with Gasteiger partial charge in [-0.3, -0.25) is 0 Å². The van der Waals surface area contributed by atoms with Gasteiger partial charge in [0.25, 0.3) is 0 Å². The molecule has 106 valence electrons. The monoisotopic (exact) mass is 346 g/mol. The summed E-state index contributed by atoms with van der Waals surface area (Å²) in [5, 5.41) is 3.85. The van der Waals surface area contributed by atoms with Gasteiger partial charge < -0.3 is 10.3 Å². The van der Waals surface area contributed by atoms with Gasteiger partial charge in [-0.15, -0.1) is 0 Å². The molecule has 1 aromatic heterocycles. The van der Waals surface area contributed by atoms with Gasteiger partial charge in [-0.05, 0) is 48.4 Å². The topological polar surface area (TPSA) is 52.0 Å². The lowest BCUT2D eigenvalue weighted by Gasteiger charge is -2.06. The van der Waals surface area contributed by atoms with E-state index in [0.29, 0.717) is 17.1 Å². The number of aromatic nitrogens is 1. The van der Waals surface area contributed by atoms with Crippen molar-refractivity contribution in [1.29, 1.82) is 0 Å². The van der Waals surface area contributed by atoms with E-state index in [4.69, 9.17) is 10.3 Å². The van der Waals surface area contributed by atoms with E-state index in [9.17, 15) is 4.39 Å². The number of anilines is 1. The molecule has 0 fully saturated rings. The standard InChI is InChI=1S/C16H12BrFN2O/c1-9-8-11(17)4-7-13(9)15-14(16(19)20-21-15)10-2-5-12(18)6-3-10/h2-8H,1H3,(H2,19,20). The average molecular weight is 347 g/mol. The summed E-state index contributed by atoms with van der Waals surface area (Å²) in [6.07, 6.45) is 0. The van der Waals surface area contributed by atoms with E-state index in [1.165, 1.54) is 12.1 Å². The summed E-state index contributed by atoms with van der Waals surface area (Å²) in [5.41, 5.74) is 9.31. The summed E-state index contributed by atoms with van der Waals surface area (Å²) in [5.74, 6) is 0.582. The van der Waals surface area contributed by atoms with Crippen molar-refractivity contribution in [2.24, 2.45) is 0 Å². The molecule has 0 aliphatic heterocycles. The van der Waals surface area contributed by atoms with Crippen LogP contribution in [0.3, 0.4) is 0 Å². The maximum Gasteiger partial charge on any atom is 0.177 e. The molecule has 1 heterocycles. The first kappa shape index (κ1) is 13.8. The molecule has 0 amide bonds. The largest absolute Gasteiger partial charge is 0.380 e. The number of nitrogens with two attached hydrogens (primary N) is 1. The first-order chi connectivity index (χ1) is 10.1. The van der Waals surface area contributed by atoms with E-state index in [1.807, 2.05) is 25.1 Å². The van der Waals surface area contributed by atoms with Gasteiger partial charge in [0, 0.05) is 10.0 Å². The molecule has 0 unspecified atom stereocenters. The van der Waals surface area contributed by atoms with Crippen molar-refractivity contribution in [3.8, 4) is 22.5 Å². The SMILES string of the molecule is Cc1cc(Br)ccc1-c1onc(N)c1-c1ccc(F)cc1. The molecule has 0 atom stereocenters. The van der Waals surface area contributed by atoms with Crippen LogP contribution in [0.25, 0.3) is 22.5 Å². The summed E-state index contributed by atoms with van der Waals surface area (Å²) in [6.45, 7) is 1.98. The van der Waals surface area contributed by atoms with E-state index in [-0.39, 0.29) is 5.82 Å². The molecule has 5 heteroatoms. The zero-order chi connectivity index (χ0) is 15.0. The molecule has 2 aromatic carbocycles. The van der Waals surface area contributed by atoms with Gasteiger partial charge >= 0.3 is 0 Å². The lowest BCUT2D eigenvalue weighted by Crippen LogP contribution is -1.90. The second-order valence-corrected chi connectivity index (χ2v) is 5.65. The Balaban J connectivity index is 2.19.